The van der Waals surface area contributed by atoms with E-state index in [2.05, 4.69) is 28.2 Å². The molecule has 1 aliphatic carbocycles. The molecule has 4 rings (SSSR count). The molecular weight excluding hydrogens is 370 g/mol. The second kappa shape index (κ2) is 8.62. The predicted molar refractivity (Wildman–Crippen MR) is 117 cm³/mol. The van der Waals surface area contributed by atoms with Crippen LogP contribution in [0.2, 0.25) is 0 Å². The van der Waals surface area contributed by atoms with Crippen molar-refractivity contribution in [3.05, 3.63) is 45.7 Å². The molecule has 0 amide bonds. The Kier molecular flexibility index (Phi) is 5.97. The summed E-state index contributed by atoms with van der Waals surface area (Å²) in [7, 11) is 0. The number of H-pyrrole nitrogens is 1. The monoisotopic (exact) mass is 399 g/mol. The van der Waals surface area contributed by atoms with Gasteiger partial charge in [0.15, 0.2) is 5.11 Å². The minimum Gasteiger partial charge on any atom is -0.376 e. The number of thiocarbonyl (C=S) groups is 1. The minimum atomic E-state index is -0.0266. The Labute approximate surface area is 171 Å². The number of pyridine rings is 1. The van der Waals surface area contributed by atoms with E-state index in [4.69, 9.17) is 17.0 Å². The smallest absolute Gasteiger partial charge is 0.253 e. The molecule has 1 aromatic heterocycles. The van der Waals surface area contributed by atoms with E-state index in [0.717, 1.165) is 60.4 Å². The van der Waals surface area contributed by atoms with Gasteiger partial charge in [-0.1, -0.05) is 24.5 Å². The number of aromatic nitrogens is 1. The van der Waals surface area contributed by atoms with Crippen LogP contribution < -0.4 is 10.9 Å². The molecule has 0 unspecified atom stereocenters. The van der Waals surface area contributed by atoms with Gasteiger partial charge in [0.1, 0.15) is 0 Å². The predicted octanol–water partition coefficient (Wildman–Crippen LogP) is 3.63. The van der Waals surface area contributed by atoms with Gasteiger partial charge in [-0.15, -0.1) is 0 Å². The van der Waals surface area contributed by atoms with Crippen LogP contribution in [0.1, 0.15) is 49.7 Å². The number of ether oxygens (including phenoxy) is 1. The second-order valence-electron chi connectivity index (χ2n) is 8.10. The van der Waals surface area contributed by atoms with Crippen molar-refractivity contribution in [3.63, 3.8) is 0 Å². The molecule has 1 saturated heterocycles. The zero-order valence-electron chi connectivity index (χ0n) is 16.5. The van der Waals surface area contributed by atoms with Gasteiger partial charge < -0.3 is 19.9 Å². The average molecular weight is 400 g/mol. The highest BCUT2D eigenvalue weighted by molar-refractivity contribution is 7.80. The normalized spacial score (nSPS) is 20.0. The number of aryl methyl sites for hydroxylation is 1. The molecule has 0 bridgehead atoms. The Bertz CT molecular complexity index is 898. The van der Waals surface area contributed by atoms with E-state index in [1.807, 2.05) is 18.2 Å². The molecule has 5 nitrogen and oxygen atoms in total. The van der Waals surface area contributed by atoms with Crippen molar-refractivity contribution in [3.8, 4) is 0 Å². The number of fused-ring (bicyclic) bond motifs is 1. The van der Waals surface area contributed by atoms with Crippen molar-refractivity contribution in [1.29, 1.82) is 0 Å². The molecule has 2 N–H and O–H groups in total. The Morgan fingerprint density at radius 3 is 2.82 bits per heavy atom. The van der Waals surface area contributed by atoms with Crippen molar-refractivity contribution in [2.75, 3.05) is 13.2 Å². The summed E-state index contributed by atoms with van der Waals surface area (Å²) in [6.45, 7) is 4.20. The molecule has 1 saturated carbocycles. The number of benzene rings is 1. The Morgan fingerprint density at radius 2 is 2.07 bits per heavy atom. The Hall–Kier alpha value is -1.92. The van der Waals surface area contributed by atoms with Gasteiger partial charge in [0, 0.05) is 30.3 Å². The summed E-state index contributed by atoms with van der Waals surface area (Å²) in [5.41, 5.74) is 2.81. The summed E-state index contributed by atoms with van der Waals surface area (Å²) < 4.78 is 5.71. The van der Waals surface area contributed by atoms with Gasteiger partial charge in [-0.3, -0.25) is 4.79 Å². The van der Waals surface area contributed by atoms with Crippen molar-refractivity contribution in [2.45, 2.75) is 64.1 Å². The standard InChI is InChI=1S/C22H29N3O2S/c1-15-8-9-20-16(11-15)12-17(21(26)24-20)14-25(18-5-2-3-6-18)22(28)23-13-19-7-4-10-27-19/h8-9,11-12,18-19H,2-7,10,13-14H2,1H3,(H,23,28)(H,24,26)/t19-/m1/s1. The van der Waals surface area contributed by atoms with Crippen LogP contribution in [0.15, 0.2) is 29.1 Å². The molecule has 0 radical (unpaired) electrons. The maximum atomic E-state index is 12.7. The lowest BCUT2D eigenvalue weighted by molar-refractivity contribution is 0.113. The molecule has 6 heteroatoms. The molecule has 0 spiro atoms. The van der Waals surface area contributed by atoms with Crippen LogP contribution in [0.5, 0.6) is 0 Å². The van der Waals surface area contributed by atoms with Crippen LogP contribution >= 0.6 is 12.2 Å². The van der Waals surface area contributed by atoms with E-state index in [0.29, 0.717) is 12.6 Å². The highest BCUT2D eigenvalue weighted by atomic mass is 32.1. The van der Waals surface area contributed by atoms with E-state index in [9.17, 15) is 4.79 Å². The number of hydrogen-bond donors (Lipinski definition) is 2. The van der Waals surface area contributed by atoms with E-state index < -0.39 is 0 Å². The largest absolute Gasteiger partial charge is 0.376 e. The molecule has 1 aromatic carbocycles. The summed E-state index contributed by atoms with van der Waals surface area (Å²) in [6.07, 6.45) is 7.17. The van der Waals surface area contributed by atoms with Gasteiger partial charge in [0.2, 0.25) is 0 Å². The molecule has 1 atom stereocenters. The van der Waals surface area contributed by atoms with Crippen molar-refractivity contribution >= 4 is 28.2 Å². The summed E-state index contributed by atoms with van der Waals surface area (Å²) in [6, 6.07) is 8.52. The number of nitrogens with zero attached hydrogens (tertiary/aromatic N) is 1. The quantitative estimate of drug-likeness (QED) is 0.752. The molecule has 2 heterocycles. The van der Waals surface area contributed by atoms with E-state index >= 15 is 0 Å². The minimum absolute atomic E-state index is 0.0266. The van der Waals surface area contributed by atoms with E-state index in [1.54, 1.807) is 0 Å². The first-order chi connectivity index (χ1) is 13.6. The lowest BCUT2D eigenvalue weighted by Gasteiger charge is -2.32. The zero-order valence-corrected chi connectivity index (χ0v) is 17.3. The molecule has 2 fully saturated rings. The van der Waals surface area contributed by atoms with Crippen LogP contribution in [-0.4, -0.2) is 40.3 Å². The fourth-order valence-electron chi connectivity index (χ4n) is 4.36. The maximum absolute atomic E-state index is 12.7. The van der Waals surface area contributed by atoms with Gasteiger partial charge in [-0.25, -0.2) is 0 Å². The highest BCUT2D eigenvalue weighted by Crippen LogP contribution is 2.25. The van der Waals surface area contributed by atoms with Gasteiger partial charge in [-0.2, -0.15) is 0 Å². The van der Waals surface area contributed by atoms with Crippen LogP contribution in [0.4, 0.5) is 0 Å². The van der Waals surface area contributed by atoms with Gasteiger partial charge in [0.25, 0.3) is 5.56 Å². The fourth-order valence-corrected chi connectivity index (χ4v) is 4.66. The third-order valence-corrected chi connectivity index (χ3v) is 6.33. The van der Waals surface area contributed by atoms with Crippen molar-refractivity contribution in [1.82, 2.24) is 15.2 Å². The van der Waals surface area contributed by atoms with Crippen molar-refractivity contribution < 1.29 is 4.74 Å². The number of aromatic amines is 1. The van der Waals surface area contributed by atoms with Crippen LogP contribution in [0.3, 0.4) is 0 Å². The second-order valence-corrected chi connectivity index (χ2v) is 8.49. The lowest BCUT2D eigenvalue weighted by Crippen LogP contribution is -2.47. The third-order valence-electron chi connectivity index (χ3n) is 5.95. The first-order valence-corrected chi connectivity index (χ1v) is 10.8. The first-order valence-electron chi connectivity index (χ1n) is 10.4. The maximum Gasteiger partial charge on any atom is 0.253 e. The topological polar surface area (TPSA) is 57.4 Å². The summed E-state index contributed by atoms with van der Waals surface area (Å²) in [5, 5.41) is 5.22. The fraction of sp³-hybridized carbons (Fsp3) is 0.545. The third kappa shape index (κ3) is 4.39. The first kappa shape index (κ1) is 19.4. The van der Waals surface area contributed by atoms with Crippen LogP contribution in [-0.2, 0) is 11.3 Å². The average Bonchev–Trinajstić information content (AvgIpc) is 3.38. The van der Waals surface area contributed by atoms with Crippen LogP contribution in [0, 0.1) is 6.92 Å². The molecule has 2 aromatic rings. The molecule has 2 aliphatic rings. The van der Waals surface area contributed by atoms with E-state index in [1.165, 1.54) is 18.4 Å². The molecule has 150 valence electrons. The van der Waals surface area contributed by atoms with E-state index in [-0.39, 0.29) is 11.7 Å². The number of rotatable bonds is 5. The molecule has 28 heavy (non-hydrogen) atoms. The SMILES string of the molecule is Cc1ccc2[nH]c(=O)c(CN(C(=S)NC[C@H]3CCCO3)C3CCCC3)cc2c1. The summed E-state index contributed by atoms with van der Waals surface area (Å²) >= 11 is 5.75. The van der Waals surface area contributed by atoms with Gasteiger partial charge in [-0.05, 0) is 68.4 Å². The van der Waals surface area contributed by atoms with Gasteiger partial charge in [0.05, 0.1) is 12.6 Å². The Morgan fingerprint density at radius 1 is 1.25 bits per heavy atom. The molecule has 1 aliphatic heterocycles. The summed E-state index contributed by atoms with van der Waals surface area (Å²) in [4.78, 5) is 17.9. The van der Waals surface area contributed by atoms with Gasteiger partial charge >= 0.3 is 0 Å². The number of hydrogen-bond acceptors (Lipinski definition) is 3. The molecular formula is C22H29N3O2S. The highest BCUT2D eigenvalue weighted by Gasteiger charge is 2.26. The summed E-state index contributed by atoms with van der Waals surface area (Å²) in [5.74, 6) is 0. The van der Waals surface area contributed by atoms with Crippen LogP contribution in [0.25, 0.3) is 10.9 Å². The lowest BCUT2D eigenvalue weighted by atomic mass is 10.1. The van der Waals surface area contributed by atoms with Crippen molar-refractivity contribution in [2.24, 2.45) is 0 Å². The Balaban J connectivity index is 1.54. The zero-order chi connectivity index (χ0) is 19.5. The number of nitrogens with one attached hydrogen (secondary N) is 2.